The minimum atomic E-state index is -0.277. The van der Waals surface area contributed by atoms with Gasteiger partial charge in [0.15, 0.2) is 0 Å². The number of methoxy groups -OCH3 is 1. The van der Waals surface area contributed by atoms with E-state index in [-0.39, 0.29) is 11.9 Å². The Morgan fingerprint density at radius 1 is 1.46 bits per heavy atom. The normalized spacial score (nSPS) is 12.8. The molecule has 0 heterocycles. The SMILES string of the molecule is COCCC(N)c1ccccc1F. The fourth-order valence-corrected chi connectivity index (χ4v) is 1.18. The Hall–Kier alpha value is -0.930. The molecule has 0 aromatic heterocycles. The molecule has 1 aromatic rings. The highest BCUT2D eigenvalue weighted by molar-refractivity contribution is 5.20. The second-order valence-corrected chi connectivity index (χ2v) is 2.91. The first-order valence-electron chi connectivity index (χ1n) is 4.24. The molecule has 0 amide bonds. The molecular formula is C10H14FNO. The lowest BCUT2D eigenvalue weighted by atomic mass is 10.0. The Bertz CT molecular complexity index is 265. The largest absolute Gasteiger partial charge is 0.385 e. The van der Waals surface area contributed by atoms with E-state index in [0.29, 0.717) is 18.6 Å². The molecule has 2 N–H and O–H groups in total. The van der Waals surface area contributed by atoms with Crippen molar-refractivity contribution in [2.75, 3.05) is 13.7 Å². The molecule has 0 radical (unpaired) electrons. The summed E-state index contributed by atoms with van der Waals surface area (Å²) in [5.41, 5.74) is 6.32. The molecule has 0 saturated heterocycles. The van der Waals surface area contributed by atoms with E-state index in [9.17, 15) is 4.39 Å². The van der Waals surface area contributed by atoms with E-state index in [1.807, 2.05) is 0 Å². The Morgan fingerprint density at radius 3 is 2.77 bits per heavy atom. The van der Waals surface area contributed by atoms with Crippen molar-refractivity contribution in [1.29, 1.82) is 0 Å². The predicted molar refractivity (Wildman–Crippen MR) is 49.8 cm³/mol. The number of rotatable bonds is 4. The van der Waals surface area contributed by atoms with Gasteiger partial charge in [0.2, 0.25) is 0 Å². The third-order valence-corrected chi connectivity index (χ3v) is 1.94. The van der Waals surface area contributed by atoms with Crippen molar-refractivity contribution in [1.82, 2.24) is 0 Å². The van der Waals surface area contributed by atoms with Gasteiger partial charge < -0.3 is 10.5 Å². The Balaban J connectivity index is 2.65. The zero-order valence-corrected chi connectivity index (χ0v) is 7.66. The molecule has 1 rings (SSSR count). The standard InChI is InChI=1S/C10H14FNO/c1-13-7-6-10(12)8-4-2-3-5-9(8)11/h2-5,10H,6-7,12H2,1H3. The molecule has 2 nitrogen and oxygen atoms in total. The number of ether oxygens (including phenoxy) is 1. The van der Waals surface area contributed by atoms with Gasteiger partial charge in [0, 0.05) is 25.3 Å². The van der Waals surface area contributed by atoms with Gasteiger partial charge >= 0.3 is 0 Å². The molecule has 0 fully saturated rings. The van der Waals surface area contributed by atoms with E-state index in [2.05, 4.69) is 0 Å². The zero-order chi connectivity index (χ0) is 9.68. The molecule has 0 aliphatic heterocycles. The van der Waals surface area contributed by atoms with Crippen LogP contribution in [-0.2, 0) is 4.74 Å². The summed E-state index contributed by atoms with van der Waals surface area (Å²) in [7, 11) is 1.61. The Morgan fingerprint density at radius 2 is 2.15 bits per heavy atom. The molecule has 0 aliphatic carbocycles. The van der Waals surface area contributed by atoms with Crippen molar-refractivity contribution >= 4 is 0 Å². The molecule has 1 atom stereocenters. The molecule has 0 spiro atoms. The average molecular weight is 183 g/mol. The first-order valence-corrected chi connectivity index (χ1v) is 4.24. The van der Waals surface area contributed by atoms with Crippen molar-refractivity contribution < 1.29 is 9.13 Å². The third-order valence-electron chi connectivity index (χ3n) is 1.94. The van der Waals surface area contributed by atoms with Crippen molar-refractivity contribution in [3.63, 3.8) is 0 Å². The van der Waals surface area contributed by atoms with Crippen molar-refractivity contribution in [2.45, 2.75) is 12.5 Å². The molecule has 1 unspecified atom stereocenters. The van der Waals surface area contributed by atoms with Gasteiger partial charge in [-0.3, -0.25) is 0 Å². The maximum atomic E-state index is 13.1. The van der Waals surface area contributed by atoms with Crippen LogP contribution in [0.2, 0.25) is 0 Å². The number of nitrogens with two attached hydrogens (primary N) is 1. The fourth-order valence-electron chi connectivity index (χ4n) is 1.18. The molecular weight excluding hydrogens is 169 g/mol. The summed E-state index contributed by atoms with van der Waals surface area (Å²) in [4.78, 5) is 0. The van der Waals surface area contributed by atoms with Gasteiger partial charge in [-0.15, -0.1) is 0 Å². The van der Waals surface area contributed by atoms with Gasteiger partial charge in [-0.1, -0.05) is 18.2 Å². The van der Waals surface area contributed by atoms with E-state index >= 15 is 0 Å². The molecule has 1 aromatic carbocycles. The van der Waals surface area contributed by atoms with E-state index in [4.69, 9.17) is 10.5 Å². The van der Waals surface area contributed by atoms with Crippen LogP contribution in [0.1, 0.15) is 18.0 Å². The van der Waals surface area contributed by atoms with Crippen molar-refractivity contribution in [2.24, 2.45) is 5.73 Å². The summed E-state index contributed by atoms with van der Waals surface area (Å²) in [5, 5.41) is 0. The predicted octanol–water partition coefficient (Wildman–Crippen LogP) is 1.86. The van der Waals surface area contributed by atoms with Crippen LogP contribution in [0, 0.1) is 5.82 Å². The van der Waals surface area contributed by atoms with Crippen molar-refractivity contribution in [3.8, 4) is 0 Å². The van der Waals surface area contributed by atoms with Crippen LogP contribution in [0.3, 0.4) is 0 Å². The number of hydrogen-bond acceptors (Lipinski definition) is 2. The lowest BCUT2D eigenvalue weighted by molar-refractivity contribution is 0.187. The van der Waals surface area contributed by atoms with Gasteiger partial charge in [-0.05, 0) is 12.5 Å². The molecule has 72 valence electrons. The fraction of sp³-hybridized carbons (Fsp3) is 0.400. The average Bonchev–Trinajstić information content (AvgIpc) is 2.15. The summed E-state index contributed by atoms with van der Waals surface area (Å²) < 4.78 is 18.0. The number of hydrogen-bond donors (Lipinski definition) is 1. The lowest BCUT2D eigenvalue weighted by Gasteiger charge is -2.11. The van der Waals surface area contributed by atoms with Gasteiger partial charge in [-0.25, -0.2) is 4.39 Å². The molecule has 13 heavy (non-hydrogen) atoms. The maximum Gasteiger partial charge on any atom is 0.127 e. The summed E-state index contributed by atoms with van der Waals surface area (Å²) >= 11 is 0. The van der Waals surface area contributed by atoms with Gasteiger partial charge in [0.25, 0.3) is 0 Å². The minimum Gasteiger partial charge on any atom is -0.385 e. The highest BCUT2D eigenvalue weighted by atomic mass is 19.1. The van der Waals surface area contributed by atoms with Crippen LogP contribution in [-0.4, -0.2) is 13.7 Å². The lowest BCUT2D eigenvalue weighted by Crippen LogP contribution is -2.14. The summed E-state index contributed by atoms with van der Waals surface area (Å²) in [6.07, 6.45) is 0.636. The highest BCUT2D eigenvalue weighted by Gasteiger charge is 2.09. The van der Waals surface area contributed by atoms with Gasteiger partial charge in [0.1, 0.15) is 5.82 Å². The van der Waals surface area contributed by atoms with Gasteiger partial charge in [-0.2, -0.15) is 0 Å². The smallest absolute Gasteiger partial charge is 0.127 e. The monoisotopic (exact) mass is 183 g/mol. The third kappa shape index (κ3) is 2.79. The van der Waals surface area contributed by atoms with E-state index in [1.165, 1.54) is 6.07 Å². The second-order valence-electron chi connectivity index (χ2n) is 2.91. The van der Waals surface area contributed by atoms with Crippen molar-refractivity contribution in [3.05, 3.63) is 35.6 Å². The van der Waals surface area contributed by atoms with E-state index in [1.54, 1.807) is 25.3 Å². The van der Waals surface area contributed by atoms with E-state index in [0.717, 1.165) is 0 Å². The van der Waals surface area contributed by atoms with Crippen LogP contribution in [0.15, 0.2) is 24.3 Å². The quantitative estimate of drug-likeness (QED) is 0.773. The minimum absolute atomic E-state index is 0.244. The summed E-state index contributed by atoms with van der Waals surface area (Å²) in [5.74, 6) is -0.244. The van der Waals surface area contributed by atoms with Gasteiger partial charge in [0.05, 0.1) is 0 Å². The number of halogens is 1. The maximum absolute atomic E-state index is 13.1. The van der Waals surface area contributed by atoms with E-state index < -0.39 is 0 Å². The number of benzene rings is 1. The topological polar surface area (TPSA) is 35.2 Å². The summed E-state index contributed by atoms with van der Waals surface area (Å²) in [6.45, 7) is 0.551. The zero-order valence-electron chi connectivity index (χ0n) is 7.66. The molecule has 3 heteroatoms. The van der Waals surface area contributed by atoms with Crippen LogP contribution in [0.5, 0.6) is 0 Å². The van der Waals surface area contributed by atoms with Crippen LogP contribution in [0.25, 0.3) is 0 Å². The highest BCUT2D eigenvalue weighted by Crippen LogP contribution is 2.16. The second kappa shape index (κ2) is 4.94. The molecule has 0 bridgehead atoms. The molecule has 0 aliphatic rings. The summed E-state index contributed by atoms with van der Waals surface area (Å²) in [6, 6.07) is 6.28. The Labute approximate surface area is 77.5 Å². The first kappa shape index (κ1) is 10.2. The van der Waals surface area contributed by atoms with Crippen LogP contribution >= 0.6 is 0 Å². The Kier molecular flexibility index (Phi) is 3.86. The van der Waals surface area contributed by atoms with Crippen LogP contribution < -0.4 is 5.73 Å². The molecule has 0 saturated carbocycles. The first-order chi connectivity index (χ1) is 6.25. The van der Waals surface area contributed by atoms with Crippen LogP contribution in [0.4, 0.5) is 4.39 Å².